The molecule has 0 fully saturated rings. The first kappa shape index (κ1) is 18.2. The molecule has 0 heterocycles. The summed E-state index contributed by atoms with van der Waals surface area (Å²) in [6.45, 7) is 2.26. The van der Waals surface area contributed by atoms with Crippen LogP contribution in [-0.4, -0.2) is 4.43 Å². The Kier molecular flexibility index (Phi) is 17.4. The molecule has 0 aromatic heterocycles. The third kappa shape index (κ3) is 16.2. The van der Waals surface area contributed by atoms with Crippen molar-refractivity contribution in [3.63, 3.8) is 0 Å². The fourth-order valence-electron chi connectivity index (χ4n) is 1.91. The number of halogens is 1. The Bertz CT molecular complexity index is 194. The summed E-state index contributed by atoms with van der Waals surface area (Å²) in [5.41, 5.74) is 0. The van der Waals surface area contributed by atoms with E-state index in [-0.39, 0.29) is 0 Å². The van der Waals surface area contributed by atoms with E-state index >= 15 is 0 Å². The van der Waals surface area contributed by atoms with E-state index in [9.17, 15) is 0 Å². The molecule has 0 unspecified atom stereocenters. The molecule has 0 saturated carbocycles. The summed E-state index contributed by atoms with van der Waals surface area (Å²) in [6, 6.07) is 0. The van der Waals surface area contributed by atoms with E-state index in [0.717, 1.165) is 6.42 Å². The van der Waals surface area contributed by atoms with Gasteiger partial charge in [0.25, 0.3) is 0 Å². The molecule has 18 heavy (non-hydrogen) atoms. The van der Waals surface area contributed by atoms with Gasteiger partial charge < -0.3 is 0 Å². The second-order valence-electron chi connectivity index (χ2n) is 4.92. The van der Waals surface area contributed by atoms with Crippen LogP contribution < -0.4 is 0 Å². The number of allylic oxidation sites excluding steroid dienone is 4. The maximum Gasteiger partial charge on any atom is -0.000473 e. The Labute approximate surface area is 128 Å². The van der Waals surface area contributed by atoms with Gasteiger partial charge in [-0.15, -0.1) is 0 Å². The van der Waals surface area contributed by atoms with E-state index < -0.39 is 0 Å². The van der Waals surface area contributed by atoms with E-state index in [0.29, 0.717) is 0 Å². The highest BCUT2D eigenvalue weighted by Gasteiger charge is 1.88. The zero-order chi connectivity index (χ0) is 13.3. The smallest absolute Gasteiger partial charge is 0.000473 e. The molecule has 0 spiro atoms. The molecule has 0 radical (unpaired) electrons. The fraction of sp³-hybridized carbons (Fsp3) is 0.765. The Morgan fingerprint density at radius 2 is 1.22 bits per heavy atom. The van der Waals surface area contributed by atoms with Crippen molar-refractivity contribution in [1.82, 2.24) is 0 Å². The molecule has 0 nitrogen and oxygen atoms in total. The molecule has 0 atom stereocenters. The third-order valence-corrected chi connectivity index (χ3v) is 3.85. The molecule has 0 amide bonds. The minimum absolute atomic E-state index is 1.13. The molecule has 0 aromatic carbocycles. The lowest BCUT2D eigenvalue weighted by molar-refractivity contribution is 0.642. The van der Waals surface area contributed by atoms with Crippen LogP contribution in [0.1, 0.15) is 77.6 Å². The zero-order valence-corrected chi connectivity index (χ0v) is 14.3. The normalized spacial score (nSPS) is 11.9. The molecule has 0 aliphatic rings. The largest absolute Gasteiger partial charge is 0.0882 e. The summed E-state index contributed by atoms with van der Waals surface area (Å²) >= 11 is 2.47. The minimum atomic E-state index is 1.13. The zero-order valence-electron chi connectivity index (χ0n) is 12.2. The first-order valence-corrected chi connectivity index (χ1v) is 9.30. The van der Waals surface area contributed by atoms with Crippen molar-refractivity contribution in [3.05, 3.63) is 24.3 Å². The first-order chi connectivity index (χ1) is 8.91. The summed E-state index contributed by atoms with van der Waals surface area (Å²) in [7, 11) is 0. The summed E-state index contributed by atoms with van der Waals surface area (Å²) in [6.07, 6.45) is 24.1. The van der Waals surface area contributed by atoms with Crippen LogP contribution in [0.2, 0.25) is 0 Å². The summed E-state index contributed by atoms with van der Waals surface area (Å²) in [5.74, 6) is 0. The fourth-order valence-corrected chi connectivity index (χ4v) is 2.45. The number of hydrogen-bond acceptors (Lipinski definition) is 0. The van der Waals surface area contributed by atoms with Crippen molar-refractivity contribution in [3.8, 4) is 0 Å². The molecular weight excluding hydrogens is 331 g/mol. The molecule has 0 aliphatic heterocycles. The van der Waals surface area contributed by atoms with E-state index in [4.69, 9.17) is 0 Å². The Balaban J connectivity index is 3.13. The van der Waals surface area contributed by atoms with E-state index in [1.165, 1.54) is 68.6 Å². The highest BCUT2D eigenvalue weighted by molar-refractivity contribution is 14.1. The molecule has 106 valence electrons. The molecule has 0 bridgehead atoms. The van der Waals surface area contributed by atoms with Gasteiger partial charge in [-0.2, -0.15) is 0 Å². The Morgan fingerprint density at radius 1 is 0.667 bits per heavy atom. The van der Waals surface area contributed by atoms with E-state index in [2.05, 4.69) is 53.8 Å². The minimum Gasteiger partial charge on any atom is -0.0882 e. The van der Waals surface area contributed by atoms with Crippen molar-refractivity contribution < 1.29 is 0 Å². The average molecular weight is 362 g/mol. The van der Waals surface area contributed by atoms with Crippen LogP contribution in [-0.2, 0) is 0 Å². The standard InChI is InChI=1S/C17H31I/c1-2-3-4-5-6-7-8-9-10-11-12-13-14-15-16-17-18/h6-7,9-10H,2-5,8,11-17H2,1H3. The van der Waals surface area contributed by atoms with Gasteiger partial charge in [-0.1, -0.05) is 85.9 Å². The van der Waals surface area contributed by atoms with Crippen LogP contribution in [0.25, 0.3) is 0 Å². The Hall–Kier alpha value is 0.210. The van der Waals surface area contributed by atoms with Gasteiger partial charge in [-0.25, -0.2) is 0 Å². The predicted molar refractivity (Wildman–Crippen MR) is 93.6 cm³/mol. The predicted octanol–water partition coefficient (Wildman–Crippen LogP) is 6.84. The van der Waals surface area contributed by atoms with Crippen LogP contribution >= 0.6 is 22.6 Å². The van der Waals surface area contributed by atoms with E-state index in [1.807, 2.05) is 0 Å². The van der Waals surface area contributed by atoms with Crippen LogP contribution in [0.3, 0.4) is 0 Å². The van der Waals surface area contributed by atoms with Crippen LogP contribution in [0, 0.1) is 0 Å². The topological polar surface area (TPSA) is 0 Å². The van der Waals surface area contributed by atoms with Crippen LogP contribution in [0.15, 0.2) is 24.3 Å². The highest BCUT2D eigenvalue weighted by Crippen LogP contribution is 2.07. The quantitative estimate of drug-likeness (QED) is 0.146. The molecule has 0 rings (SSSR count). The first-order valence-electron chi connectivity index (χ1n) is 7.77. The molecule has 0 aliphatic carbocycles. The number of hydrogen-bond donors (Lipinski definition) is 0. The summed E-state index contributed by atoms with van der Waals surface area (Å²) in [4.78, 5) is 0. The SMILES string of the molecule is CCCCCC=CCC=CCCCCCCCI. The molecule has 0 aromatic rings. The van der Waals surface area contributed by atoms with E-state index in [1.54, 1.807) is 0 Å². The van der Waals surface area contributed by atoms with Crippen molar-refractivity contribution in [2.45, 2.75) is 77.6 Å². The second-order valence-corrected chi connectivity index (χ2v) is 6.00. The van der Waals surface area contributed by atoms with Gasteiger partial charge >= 0.3 is 0 Å². The Morgan fingerprint density at radius 3 is 1.83 bits per heavy atom. The third-order valence-electron chi connectivity index (χ3n) is 3.08. The lowest BCUT2D eigenvalue weighted by Crippen LogP contribution is -1.78. The maximum absolute atomic E-state index is 2.47. The number of unbranched alkanes of at least 4 members (excludes halogenated alkanes) is 8. The maximum atomic E-state index is 2.47. The molecule has 0 saturated heterocycles. The number of alkyl halides is 1. The van der Waals surface area contributed by atoms with Crippen LogP contribution in [0.5, 0.6) is 0 Å². The van der Waals surface area contributed by atoms with Crippen molar-refractivity contribution in [2.75, 3.05) is 4.43 Å². The van der Waals surface area contributed by atoms with Gasteiger partial charge in [0, 0.05) is 0 Å². The van der Waals surface area contributed by atoms with Gasteiger partial charge in [0.1, 0.15) is 0 Å². The lowest BCUT2D eigenvalue weighted by Gasteiger charge is -1.97. The highest BCUT2D eigenvalue weighted by atomic mass is 127. The van der Waals surface area contributed by atoms with Crippen LogP contribution in [0.4, 0.5) is 0 Å². The monoisotopic (exact) mass is 362 g/mol. The second kappa shape index (κ2) is 17.2. The molecular formula is C17H31I. The lowest BCUT2D eigenvalue weighted by atomic mass is 10.1. The summed E-state index contributed by atoms with van der Waals surface area (Å²) < 4.78 is 1.32. The summed E-state index contributed by atoms with van der Waals surface area (Å²) in [5, 5.41) is 0. The van der Waals surface area contributed by atoms with Gasteiger partial charge in [0.15, 0.2) is 0 Å². The van der Waals surface area contributed by atoms with Gasteiger partial charge in [0.05, 0.1) is 0 Å². The van der Waals surface area contributed by atoms with Gasteiger partial charge in [0.2, 0.25) is 0 Å². The van der Waals surface area contributed by atoms with Gasteiger partial charge in [-0.05, 0) is 43.0 Å². The van der Waals surface area contributed by atoms with Gasteiger partial charge in [-0.3, -0.25) is 0 Å². The number of rotatable bonds is 13. The average Bonchev–Trinajstić information content (AvgIpc) is 2.39. The van der Waals surface area contributed by atoms with Crippen molar-refractivity contribution in [2.24, 2.45) is 0 Å². The molecule has 1 heteroatoms. The van der Waals surface area contributed by atoms with Crippen molar-refractivity contribution in [1.29, 1.82) is 0 Å². The van der Waals surface area contributed by atoms with Crippen molar-refractivity contribution >= 4 is 22.6 Å². The molecule has 0 N–H and O–H groups in total.